The number of nitrogens with zero attached hydrogens (tertiary/aromatic N) is 3. The van der Waals surface area contributed by atoms with Gasteiger partial charge in [0.1, 0.15) is 0 Å². The van der Waals surface area contributed by atoms with E-state index in [-0.39, 0.29) is 12.0 Å². The molecule has 0 bridgehead atoms. The Balaban J connectivity index is 2.71. The number of aromatic nitrogens is 2. The molecule has 0 aliphatic carbocycles. The molecule has 0 radical (unpaired) electrons. The third-order valence-electron chi connectivity index (χ3n) is 2.84. The molecular weight excluding hydrogens is 217 g/mol. The molecule has 94 valence electrons. The van der Waals surface area contributed by atoms with Gasteiger partial charge in [0.25, 0.3) is 0 Å². The SMILES string of the molecule is C=C/C=C(/F)N(C)C(CC)Cc1cnn(C)c1. The average molecular weight is 237 g/mol. The molecule has 0 aromatic carbocycles. The Bertz CT molecular complexity index is 395. The van der Waals surface area contributed by atoms with Gasteiger partial charge in [0, 0.05) is 26.3 Å². The minimum absolute atomic E-state index is 0.135. The van der Waals surface area contributed by atoms with Gasteiger partial charge in [-0.25, -0.2) is 0 Å². The maximum absolute atomic E-state index is 13.6. The van der Waals surface area contributed by atoms with Gasteiger partial charge in [-0.05, 0) is 24.5 Å². The van der Waals surface area contributed by atoms with E-state index in [1.54, 1.807) is 16.6 Å². The molecule has 0 N–H and O–H groups in total. The summed E-state index contributed by atoms with van der Waals surface area (Å²) in [4.78, 5) is 1.65. The highest BCUT2D eigenvalue weighted by Gasteiger charge is 2.16. The molecule has 0 aliphatic heterocycles. The minimum atomic E-state index is -0.254. The van der Waals surface area contributed by atoms with Gasteiger partial charge < -0.3 is 4.90 Å². The van der Waals surface area contributed by atoms with Crippen LogP contribution in [0, 0.1) is 0 Å². The van der Waals surface area contributed by atoms with E-state index in [2.05, 4.69) is 18.6 Å². The zero-order valence-corrected chi connectivity index (χ0v) is 10.7. The van der Waals surface area contributed by atoms with Crippen molar-refractivity contribution in [2.75, 3.05) is 7.05 Å². The standard InChI is InChI=1S/C13H20FN3/c1-5-7-13(14)17(4)12(6-2)8-11-9-15-16(3)10-11/h5,7,9-10,12H,1,6,8H2,2-4H3/b13-7-. The van der Waals surface area contributed by atoms with E-state index in [9.17, 15) is 4.39 Å². The summed E-state index contributed by atoms with van der Waals surface area (Å²) in [6.07, 6.45) is 8.30. The first-order chi connectivity index (χ1) is 8.08. The van der Waals surface area contributed by atoms with Crippen molar-refractivity contribution in [3.8, 4) is 0 Å². The summed E-state index contributed by atoms with van der Waals surface area (Å²) in [6, 6.07) is 0.135. The molecule has 0 aliphatic rings. The van der Waals surface area contributed by atoms with Crippen molar-refractivity contribution < 1.29 is 4.39 Å². The Hall–Kier alpha value is -1.58. The van der Waals surface area contributed by atoms with E-state index in [0.717, 1.165) is 18.4 Å². The number of aryl methyl sites for hydroxylation is 1. The van der Waals surface area contributed by atoms with Crippen molar-refractivity contribution in [2.45, 2.75) is 25.8 Å². The summed E-state index contributed by atoms with van der Waals surface area (Å²) < 4.78 is 15.4. The molecule has 0 saturated carbocycles. The fourth-order valence-corrected chi connectivity index (χ4v) is 1.79. The molecule has 4 heteroatoms. The molecule has 0 spiro atoms. The summed E-state index contributed by atoms with van der Waals surface area (Å²) in [5.41, 5.74) is 1.12. The molecule has 1 heterocycles. The Labute approximate surface area is 102 Å². The van der Waals surface area contributed by atoms with Gasteiger partial charge in [0.2, 0.25) is 0 Å². The van der Waals surface area contributed by atoms with E-state index in [1.807, 2.05) is 19.4 Å². The van der Waals surface area contributed by atoms with Crippen LogP contribution < -0.4 is 0 Å². The monoisotopic (exact) mass is 237 g/mol. The first-order valence-corrected chi connectivity index (χ1v) is 5.77. The van der Waals surface area contributed by atoms with Crippen LogP contribution in [0.4, 0.5) is 4.39 Å². The van der Waals surface area contributed by atoms with Gasteiger partial charge in [-0.3, -0.25) is 4.68 Å². The summed E-state index contributed by atoms with van der Waals surface area (Å²) in [5.74, 6) is -0.254. The lowest BCUT2D eigenvalue weighted by atomic mass is 10.1. The molecule has 1 aromatic rings. The van der Waals surface area contributed by atoms with Crippen molar-refractivity contribution in [3.05, 3.63) is 42.6 Å². The largest absolute Gasteiger partial charge is 0.348 e. The van der Waals surface area contributed by atoms with Crippen molar-refractivity contribution in [1.82, 2.24) is 14.7 Å². The molecule has 3 nitrogen and oxygen atoms in total. The highest BCUT2D eigenvalue weighted by Crippen LogP contribution is 2.15. The molecule has 1 atom stereocenters. The molecule has 1 aromatic heterocycles. The molecule has 1 rings (SSSR count). The minimum Gasteiger partial charge on any atom is -0.348 e. The predicted molar refractivity (Wildman–Crippen MR) is 68.1 cm³/mol. The van der Waals surface area contributed by atoms with Gasteiger partial charge in [-0.2, -0.15) is 9.49 Å². The normalized spacial score (nSPS) is 13.5. The van der Waals surface area contributed by atoms with Crippen molar-refractivity contribution >= 4 is 0 Å². The number of halogens is 1. The van der Waals surface area contributed by atoms with Gasteiger partial charge in [-0.15, -0.1) is 0 Å². The Morgan fingerprint density at radius 1 is 1.71 bits per heavy atom. The average Bonchev–Trinajstić information content (AvgIpc) is 2.71. The van der Waals surface area contributed by atoms with E-state index < -0.39 is 0 Å². The Morgan fingerprint density at radius 2 is 2.41 bits per heavy atom. The second-order valence-corrected chi connectivity index (χ2v) is 4.12. The lowest BCUT2D eigenvalue weighted by Gasteiger charge is -2.27. The topological polar surface area (TPSA) is 21.1 Å². The number of allylic oxidation sites excluding steroid dienone is 2. The first kappa shape index (κ1) is 13.5. The van der Waals surface area contributed by atoms with E-state index >= 15 is 0 Å². The maximum Gasteiger partial charge on any atom is 0.189 e. The highest BCUT2D eigenvalue weighted by molar-refractivity contribution is 5.09. The fraction of sp³-hybridized carbons (Fsp3) is 0.462. The van der Waals surface area contributed by atoms with Crippen LogP contribution in [0.2, 0.25) is 0 Å². The maximum atomic E-state index is 13.6. The Kier molecular flexibility index (Phi) is 4.94. The van der Waals surface area contributed by atoms with Crippen molar-refractivity contribution in [1.29, 1.82) is 0 Å². The van der Waals surface area contributed by atoms with Crippen LogP contribution in [0.1, 0.15) is 18.9 Å². The fourth-order valence-electron chi connectivity index (χ4n) is 1.79. The Morgan fingerprint density at radius 3 is 2.88 bits per heavy atom. The van der Waals surface area contributed by atoms with Crippen LogP contribution in [0.3, 0.4) is 0 Å². The van der Waals surface area contributed by atoms with Crippen LogP contribution in [-0.2, 0) is 13.5 Å². The second-order valence-electron chi connectivity index (χ2n) is 4.12. The van der Waals surface area contributed by atoms with E-state index in [1.165, 1.54) is 12.2 Å². The molecule has 17 heavy (non-hydrogen) atoms. The molecule has 0 saturated heterocycles. The summed E-state index contributed by atoms with van der Waals surface area (Å²) >= 11 is 0. The van der Waals surface area contributed by atoms with Gasteiger partial charge in [-0.1, -0.05) is 19.6 Å². The van der Waals surface area contributed by atoms with Gasteiger partial charge in [0.15, 0.2) is 5.95 Å². The first-order valence-electron chi connectivity index (χ1n) is 5.77. The van der Waals surface area contributed by atoms with Crippen molar-refractivity contribution in [3.63, 3.8) is 0 Å². The van der Waals surface area contributed by atoms with Crippen LogP contribution in [0.5, 0.6) is 0 Å². The van der Waals surface area contributed by atoms with Gasteiger partial charge in [0.05, 0.1) is 6.20 Å². The quantitative estimate of drug-likeness (QED) is 0.560. The van der Waals surface area contributed by atoms with Crippen LogP contribution in [0.15, 0.2) is 37.1 Å². The summed E-state index contributed by atoms with van der Waals surface area (Å²) in [7, 11) is 3.65. The smallest absolute Gasteiger partial charge is 0.189 e. The number of rotatable bonds is 6. The summed E-state index contributed by atoms with van der Waals surface area (Å²) in [6.45, 7) is 5.55. The predicted octanol–water partition coefficient (Wildman–Crippen LogP) is 2.67. The zero-order valence-electron chi connectivity index (χ0n) is 10.7. The van der Waals surface area contributed by atoms with Crippen LogP contribution >= 0.6 is 0 Å². The third kappa shape index (κ3) is 3.73. The molecular formula is C13H20FN3. The summed E-state index contributed by atoms with van der Waals surface area (Å²) in [5, 5.41) is 4.12. The highest BCUT2D eigenvalue weighted by atomic mass is 19.1. The van der Waals surface area contributed by atoms with E-state index in [4.69, 9.17) is 0 Å². The lowest BCUT2D eigenvalue weighted by molar-refractivity contribution is 0.234. The molecule has 0 amide bonds. The second kappa shape index (κ2) is 6.23. The number of likely N-dealkylation sites (N-methyl/N-ethyl adjacent to an activating group) is 1. The lowest BCUT2D eigenvalue weighted by Crippen LogP contribution is -2.31. The number of hydrogen-bond donors (Lipinski definition) is 0. The van der Waals surface area contributed by atoms with Crippen LogP contribution in [-0.4, -0.2) is 27.8 Å². The molecule has 1 unspecified atom stereocenters. The zero-order chi connectivity index (χ0) is 12.8. The molecule has 0 fully saturated rings. The van der Waals surface area contributed by atoms with E-state index in [0.29, 0.717) is 0 Å². The number of hydrogen-bond acceptors (Lipinski definition) is 2. The van der Waals surface area contributed by atoms with Crippen molar-refractivity contribution in [2.24, 2.45) is 7.05 Å². The van der Waals surface area contributed by atoms with Crippen LogP contribution in [0.25, 0.3) is 0 Å². The van der Waals surface area contributed by atoms with Gasteiger partial charge >= 0.3 is 0 Å². The third-order valence-corrected chi connectivity index (χ3v) is 2.84.